The molecule has 3 aromatic rings. The van der Waals surface area contributed by atoms with E-state index in [1.165, 1.54) is 0 Å². The number of aryl methyl sites for hydroxylation is 1. The minimum Gasteiger partial charge on any atom is -0.494 e. The second-order valence-electron chi connectivity index (χ2n) is 7.05. The zero-order valence-electron chi connectivity index (χ0n) is 16.7. The molecule has 1 aromatic heterocycles. The molecular formula is C22H25N5O2. The number of aromatic nitrogens is 2. The monoisotopic (exact) mass is 391 g/mol. The number of nitrogens with zero attached hydrogens (tertiary/aromatic N) is 4. The van der Waals surface area contributed by atoms with E-state index in [0.29, 0.717) is 13.1 Å². The first-order chi connectivity index (χ1) is 14.1. The van der Waals surface area contributed by atoms with Gasteiger partial charge in [-0.25, -0.2) is 9.78 Å². The molecule has 1 aliphatic rings. The van der Waals surface area contributed by atoms with Gasteiger partial charge in [0.1, 0.15) is 5.75 Å². The van der Waals surface area contributed by atoms with Crippen molar-refractivity contribution < 1.29 is 9.53 Å². The van der Waals surface area contributed by atoms with Crippen LogP contribution >= 0.6 is 0 Å². The lowest BCUT2D eigenvalue weighted by Gasteiger charge is -2.36. The lowest BCUT2D eigenvalue weighted by Crippen LogP contribution is -2.50. The molecule has 0 saturated carbocycles. The van der Waals surface area contributed by atoms with Gasteiger partial charge < -0.3 is 24.4 Å². The summed E-state index contributed by atoms with van der Waals surface area (Å²) in [5.41, 5.74) is 3.82. The minimum atomic E-state index is -0.0562. The highest BCUT2D eigenvalue weighted by molar-refractivity contribution is 5.89. The zero-order valence-corrected chi connectivity index (χ0v) is 16.7. The number of methoxy groups -OCH3 is 1. The second kappa shape index (κ2) is 8.26. The molecule has 0 atom stereocenters. The number of rotatable bonds is 4. The quantitative estimate of drug-likeness (QED) is 0.739. The molecule has 0 bridgehead atoms. The molecule has 4 rings (SSSR count). The Bertz CT molecular complexity index is 978. The fourth-order valence-electron chi connectivity index (χ4n) is 3.52. The summed E-state index contributed by atoms with van der Waals surface area (Å²) in [5.74, 6) is 0.796. The van der Waals surface area contributed by atoms with Gasteiger partial charge in [0.25, 0.3) is 0 Å². The number of benzene rings is 2. The summed E-state index contributed by atoms with van der Waals surface area (Å²) >= 11 is 0. The Morgan fingerprint density at radius 2 is 1.83 bits per heavy atom. The van der Waals surface area contributed by atoms with Crippen molar-refractivity contribution >= 4 is 17.4 Å². The van der Waals surface area contributed by atoms with Crippen molar-refractivity contribution in [2.75, 3.05) is 43.5 Å². The van der Waals surface area contributed by atoms with Crippen molar-refractivity contribution in [1.82, 2.24) is 14.5 Å². The fourth-order valence-corrected chi connectivity index (χ4v) is 3.52. The van der Waals surface area contributed by atoms with E-state index in [0.717, 1.165) is 41.6 Å². The van der Waals surface area contributed by atoms with E-state index in [1.54, 1.807) is 13.4 Å². The highest BCUT2D eigenvalue weighted by Crippen LogP contribution is 2.29. The van der Waals surface area contributed by atoms with Gasteiger partial charge in [-0.3, -0.25) is 0 Å². The van der Waals surface area contributed by atoms with Crippen LogP contribution in [0.1, 0.15) is 5.69 Å². The standard InChI is InChI=1S/C22H25N5O2/c1-17-15-27(16-23-17)20-9-8-19(14-21(20)29-2)25-10-12-26(13-11-25)22(28)24-18-6-4-3-5-7-18/h3-9,14-16H,10-13H2,1-2H3,(H,24,28). The third kappa shape index (κ3) is 4.18. The molecule has 7 nitrogen and oxygen atoms in total. The average molecular weight is 391 g/mol. The molecule has 2 heterocycles. The van der Waals surface area contributed by atoms with E-state index >= 15 is 0 Å². The molecule has 1 saturated heterocycles. The average Bonchev–Trinajstić information content (AvgIpc) is 3.20. The lowest BCUT2D eigenvalue weighted by atomic mass is 10.2. The molecule has 1 aliphatic heterocycles. The van der Waals surface area contributed by atoms with Crippen molar-refractivity contribution in [3.63, 3.8) is 0 Å². The van der Waals surface area contributed by atoms with Gasteiger partial charge in [0.15, 0.2) is 0 Å². The molecule has 0 aliphatic carbocycles. The van der Waals surface area contributed by atoms with E-state index in [2.05, 4.69) is 21.3 Å². The molecule has 150 valence electrons. The number of hydrogen-bond acceptors (Lipinski definition) is 4. The number of piperazine rings is 1. The number of para-hydroxylation sites is 1. The number of hydrogen-bond donors (Lipinski definition) is 1. The largest absolute Gasteiger partial charge is 0.494 e. The molecule has 1 fully saturated rings. The van der Waals surface area contributed by atoms with Gasteiger partial charge in [0, 0.05) is 49.8 Å². The van der Waals surface area contributed by atoms with Crippen LogP contribution in [0.5, 0.6) is 5.75 Å². The van der Waals surface area contributed by atoms with Crippen LogP contribution < -0.4 is 15.0 Å². The van der Waals surface area contributed by atoms with Gasteiger partial charge in [0.05, 0.1) is 24.8 Å². The highest BCUT2D eigenvalue weighted by Gasteiger charge is 2.22. The molecule has 2 aromatic carbocycles. The molecule has 0 unspecified atom stereocenters. The highest BCUT2D eigenvalue weighted by atomic mass is 16.5. The normalized spacial score (nSPS) is 14.0. The predicted octanol–water partition coefficient (Wildman–Crippen LogP) is 3.54. The van der Waals surface area contributed by atoms with E-state index < -0.39 is 0 Å². The number of carbonyl (C=O) groups is 1. The lowest BCUT2D eigenvalue weighted by molar-refractivity contribution is 0.208. The van der Waals surface area contributed by atoms with Crippen LogP contribution in [0.25, 0.3) is 5.69 Å². The maximum absolute atomic E-state index is 12.5. The van der Waals surface area contributed by atoms with Crippen LogP contribution in [0.3, 0.4) is 0 Å². The van der Waals surface area contributed by atoms with Crippen LogP contribution in [0.2, 0.25) is 0 Å². The number of carbonyl (C=O) groups excluding carboxylic acids is 1. The molecule has 0 radical (unpaired) electrons. The Hall–Kier alpha value is -3.48. The maximum Gasteiger partial charge on any atom is 0.321 e. The Balaban J connectivity index is 1.41. The van der Waals surface area contributed by atoms with E-state index in [1.807, 2.05) is 65.1 Å². The summed E-state index contributed by atoms with van der Waals surface area (Å²) in [6.45, 7) is 4.85. The Morgan fingerprint density at radius 1 is 1.07 bits per heavy atom. The smallest absolute Gasteiger partial charge is 0.321 e. The van der Waals surface area contributed by atoms with Crippen LogP contribution in [-0.2, 0) is 0 Å². The van der Waals surface area contributed by atoms with E-state index in [-0.39, 0.29) is 6.03 Å². The summed E-state index contributed by atoms with van der Waals surface area (Å²) in [6.07, 6.45) is 3.76. The van der Waals surface area contributed by atoms with E-state index in [9.17, 15) is 4.79 Å². The maximum atomic E-state index is 12.5. The predicted molar refractivity (Wildman–Crippen MR) is 114 cm³/mol. The number of nitrogens with one attached hydrogen (secondary N) is 1. The van der Waals surface area contributed by atoms with Gasteiger partial charge in [-0.1, -0.05) is 18.2 Å². The zero-order chi connectivity index (χ0) is 20.2. The number of anilines is 2. The first kappa shape index (κ1) is 18.9. The van der Waals surface area contributed by atoms with Gasteiger partial charge in [-0.15, -0.1) is 0 Å². The first-order valence-corrected chi connectivity index (χ1v) is 9.69. The second-order valence-corrected chi connectivity index (χ2v) is 7.05. The van der Waals surface area contributed by atoms with Crippen LogP contribution in [-0.4, -0.2) is 53.8 Å². The van der Waals surface area contributed by atoms with Crippen LogP contribution in [0, 0.1) is 6.92 Å². The minimum absolute atomic E-state index is 0.0562. The summed E-state index contributed by atoms with van der Waals surface area (Å²) < 4.78 is 7.58. The van der Waals surface area contributed by atoms with Gasteiger partial charge in [-0.2, -0.15) is 0 Å². The summed E-state index contributed by atoms with van der Waals surface area (Å²) in [7, 11) is 1.68. The SMILES string of the molecule is COc1cc(N2CCN(C(=O)Nc3ccccc3)CC2)ccc1-n1cnc(C)c1. The summed E-state index contributed by atoms with van der Waals surface area (Å²) in [6, 6.07) is 15.7. The number of amides is 2. The third-order valence-corrected chi connectivity index (χ3v) is 5.11. The van der Waals surface area contributed by atoms with Crippen molar-refractivity contribution in [3.05, 3.63) is 66.7 Å². The van der Waals surface area contributed by atoms with Crippen molar-refractivity contribution in [2.45, 2.75) is 6.92 Å². The fraction of sp³-hybridized carbons (Fsp3) is 0.273. The molecule has 1 N–H and O–H groups in total. The summed E-state index contributed by atoms with van der Waals surface area (Å²) in [4.78, 5) is 20.9. The number of imidazole rings is 1. The molecule has 0 spiro atoms. The molecule has 7 heteroatoms. The van der Waals surface area contributed by atoms with Gasteiger partial charge >= 0.3 is 6.03 Å². The van der Waals surface area contributed by atoms with Crippen LogP contribution in [0.15, 0.2) is 61.1 Å². The first-order valence-electron chi connectivity index (χ1n) is 9.69. The van der Waals surface area contributed by atoms with Gasteiger partial charge in [0.2, 0.25) is 0 Å². The van der Waals surface area contributed by atoms with E-state index in [4.69, 9.17) is 4.74 Å². The molecule has 29 heavy (non-hydrogen) atoms. The van der Waals surface area contributed by atoms with Crippen molar-refractivity contribution in [1.29, 1.82) is 0 Å². The Labute approximate surface area is 170 Å². The van der Waals surface area contributed by atoms with Crippen LogP contribution in [0.4, 0.5) is 16.2 Å². The Kier molecular flexibility index (Phi) is 5.37. The van der Waals surface area contributed by atoms with Gasteiger partial charge in [-0.05, 0) is 31.2 Å². The molecule has 2 amide bonds. The summed E-state index contributed by atoms with van der Waals surface area (Å²) in [5, 5.41) is 2.95. The Morgan fingerprint density at radius 3 is 2.48 bits per heavy atom. The number of ether oxygens (including phenoxy) is 1. The van der Waals surface area contributed by atoms with Crippen molar-refractivity contribution in [2.24, 2.45) is 0 Å². The topological polar surface area (TPSA) is 62.6 Å². The van der Waals surface area contributed by atoms with Crippen molar-refractivity contribution in [3.8, 4) is 11.4 Å². The molecular weight excluding hydrogens is 366 g/mol. The number of urea groups is 1. The third-order valence-electron chi connectivity index (χ3n) is 5.11.